The molecule has 0 bridgehead atoms. The van der Waals surface area contributed by atoms with Crippen molar-refractivity contribution in [1.82, 2.24) is 14.9 Å². The van der Waals surface area contributed by atoms with Crippen LogP contribution in [-0.4, -0.2) is 16.1 Å². The van der Waals surface area contributed by atoms with Gasteiger partial charge < -0.3 is 9.88 Å². The fourth-order valence-corrected chi connectivity index (χ4v) is 2.58. The smallest absolute Gasteiger partial charge is 0.128 e. The maximum Gasteiger partial charge on any atom is 0.128 e. The van der Waals surface area contributed by atoms with Gasteiger partial charge in [-0.15, -0.1) is 0 Å². The summed E-state index contributed by atoms with van der Waals surface area (Å²) in [6, 6.07) is 3.60. The van der Waals surface area contributed by atoms with E-state index < -0.39 is 11.6 Å². The van der Waals surface area contributed by atoms with Crippen LogP contribution in [0.3, 0.4) is 0 Å². The molecule has 1 N–H and O–H groups in total. The normalized spacial score (nSPS) is 14.5. The minimum absolute atomic E-state index is 0.519. The summed E-state index contributed by atoms with van der Waals surface area (Å²) in [7, 11) is 0. The van der Waals surface area contributed by atoms with Crippen molar-refractivity contribution in [1.29, 1.82) is 0 Å². The third kappa shape index (κ3) is 2.14. The molecule has 1 aliphatic rings. The monoisotopic (exact) mass is 263 g/mol. The van der Waals surface area contributed by atoms with Crippen molar-refractivity contribution >= 4 is 0 Å². The second kappa shape index (κ2) is 4.74. The highest BCUT2D eigenvalue weighted by atomic mass is 19.1. The van der Waals surface area contributed by atoms with E-state index in [9.17, 15) is 8.78 Å². The van der Waals surface area contributed by atoms with Crippen LogP contribution in [0, 0.1) is 11.6 Å². The average Bonchev–Trinajstić information content (AvgIpc) is 2.75. The lowest BCUT2D eigenvalue weighted by atomic mass is 10.1. The topological polar surface area (TPSA) is 29.9 Å². The van der Waals surface area contributed by atoms with Crippen molar-refractivity contribution < 1.29 is 8.78 Å². The van der Waals surface area contributed by atoms with E-state index in [0.29, 0.717) is 12.2 Å². The lowest BCUT2D eigenvalue weighted by Crippen LogP contribution is -2.24. The van der Waals surface area contributed by atoms with Crippen LogP contribution in [0.15, 0.2) is 18.2 Å². The summed E-state index contributed by atoms with van der Waals surface area (Å²) in [5, 5.41) is 3.26. The number of aromatic nitrogens is 2. The second-order valence-electron chi connectivity index (χ2n) is 4.66. The van der Waals surface area contributed by atoms with Crippen LogP contribution >= 0.6 is 0 Å². The minimum Gasteiger partial charge on any atom is -0.311 e. The highest BCUT2D eigenvalue weighted by Gasteiger charge is 2.20. The molecule has 0 saturated carbocycles. The number of imidazole rings is 1. The Morgan fingerprint density at radius 3 is 2.68 bits per heavy atom. The van der Waals surface area contributed by atoms with Crippen molar-refractivity contribution in [3.63, 3.8) is 0 Å². The molecule has 2 aromatic rings. The predicted octanol–water partition coefficient (Wildman–Crippen LogP) is 2.36. The molecule has 1 aromatic heterocycles. The van der Waals surface area contributed by atoms with E-state index in [0.717, 1.165) is 42.7 Å². The molecule has 0 aliphatic carbocycles. The number of hydrogen-bond donors (Lipinski definition) is 1. The number of benzene rings is 1. The SMILES string of the molecule is CCc1nc2c(n1-c1cc(F)cc(F)c1)CCNC2. The number of aryl methyl sites for hydroxylation is 1. The first-order valence-corrected chi connectivity index (χ1v) is 6.45. The fourth-order valence-electron chi connectivity index (χ4n) is 2.58. The summed E-state index contributed by atoms with van der Waals surface area (Å²) in [5.41, 5.74) is 2.55. The van der Waals surface area contributed by atoms with E-state index in [1.807, 2.05) is 11.5 Å². The van der Waals surface area contributed by atoms with Gasteiger partial charge in [0.2, 0.25) is 0 Å². The van der Waals surface area contributed by atoms with E-state index >= 15 is 0 Å². The minimum atomic E-state index is -0.562. The lowest BCUT2D eigenvalue weighted by molar-refractivity contribution is 0.579. The number of halogens is 2. The van der Waals surface area contributed by atoms with Gasteiger partial charge >= 0.3 is 0 Å². The maximum absolute atomic E-state index is 13.4. The summed E-state index contributed by atoms with van der Waals surface area (Å²) >= 11 is 0. The van der Waals surface area contributed by atoms with Crippen LogP contribution in [0.4, 0.5) is 8.78 Å². The van der Waals surface area contributed by atoms with Gasteiger partial charge in [-0.2, -0.15) is 0 Å². The number of rotatable bonds is 2. The molecule has 0 atom stereocenters. The Morgan fingerprint density at radius 2 is 2.00 bits per heavy atom. The molecule has 100 valence electrons. The standard InChI is InChI=1S/C14H15F2N3/c1-2-14-18-12-8-17-4-3-13(12)19(14)11-6-9(15)5-10(16)7-11/h5-7,17H,2-4,8H2,1H3. The highest BCUT2D eigenvalue weighted by Crippen LogP contribution is 2.23. The third-order valence-corrected chi connectivity index (χ3v) is 3.38. The molecule has 0 radical (unpaired) electrons. The van der Waals surface area contributed by atoms with E-state index in [1.54, 1.807) is 0 Å². The molecule has 0 unspecified atom stereocenters. The molecule has 1 aromatic carbocycles. The highest BCUT2D eigenvalue weighted by molar-refractivity contribution is 5.39. The summed E-state index contributed by atoms with van der Waals surface area (Å²) in [4.78, 5) is 4.56. The van der Waals surface area contributed by atoms with Crippen molar-refractivity contribution in [3.8, 4) is 5.69 Å². The first-order chi connectivity index (χ1) is 9.19. The molecule has 3 nitrogen and oxygen atoms in total. The summed E-state index contributed by atoms with van der Waals surface area (Å²) in [6.07, 6.45) is 1.55. The molecule has 0 amide bonds. The molecule has 1 aliphatic heterocycles. The van der Waals surface area contributed by atoms with Gasteiger partial charge in [0.05, 0.1) is 11.4 Å². The second-order valence-corrected chi connectivity index (χ2v) is 4.66. The summed E-state index contributed by atoms with van der Waals surface area (Å²) < 4.78 is 28.7. The molecule has 0 spiro atoms. The van der Waals surface area contributed by atoms with Gasteiger partial charge in [0.15, 0.2) is 0 Å². The zero-order valence-corrected chi connectivity index (χ0v) is 10.7. The molecular formula is C14H15F2N3. The maximum atomic E-state index is 13.4. The van der Waals surface area contributed by atoms with Crippen LogP contribution in [0.25, 0.3) is 5.69 Å². The van der Waals surface area contributed by atoms with Gasteiger partial charge in [-0.05, 0) is 12.1 Å². The molecule has 3 rings (SSSR count). The molecule has 2 heterocycles. The van der Waals surface area contributed by atoms with E-state index in [1.165, 1.54) is 12.1 Å². The first kappa shape index (κ1) is 12.3. The van der Waals surface area contributed by atoms with Gasteiger partial charge in [-0.3, -0.25) is 0 Å². The van der Waals surface area contributed by atoms with Crippen LogP contribution in [0.5, 0.6) is 0 Å². The van der Waals surface area contributed by atoms with Crippen LogP contribution in [-0.2, 0) is 19.4 Å². The van der Waals surface area contributed by atoms with Gasteiger partial charge in [0, 0.05) is 37.7 Å². The van der Waals surface area contributed by atoms with E-state index in [2.05, 4.69) is 10.3 Å². The van der Waals surface area contributed by atoms with Crippen LogP contribution in [0.1, 0.15) is 24.1 Å². The van der Waals surface area contributed by atoms with Gasteiger partial charge in [0.25, 0.3) is 0 Å². The predicted molar refractivity (Wildman–Crippen MR) is 68.3 cm³/mol. The van der Waals surface area contributed by atoms with Crippen LogP contribution in [0.2, 0.25) is 0 Å². The van der Waals surface area contributed by atoms with Crippen molar-refractivity contribution in [2.24, 2.45) is 0 Å². The van der Waals surface area contributed by atoms with Gasteiger partial charge in [-0.25, -0.2) is 13.8 Å². The Balaban J connectivity index is 2.20. The lowest BCUT2D eigenvalue weighted by Gasteiger charge is -2.16. The average molecular weight is 263 g/mol. The first-order valence-electron chi connectivity index (χ1n) is 6.45. The fraction of sp³-hybridized carbons (Fsp3) is 0.357. The quantitative estimate of drug-likeness (QED) is 0.901. The van der Waals surface area contributed by atoms with Crippen molar-refractivity contribution in [3.05, 3.63) is 47.0 Å². The van der Waals surface area contributed by atoms with Gasteiger partial charge in [0.1, 0.15) is 17.5 Å². The molecule has 0 saturated heterocycles. The van der Waals surface area contributed by atoms with Gasteiger partial charge in [-0.1, -0.05) is 6.92 Å². The Hall–Kier alpha value is -1.75. The van der Waals surface area contributed by atoms with Crippen molar-refractivity contribution in [2.45, 2.75) is 26.3 Å². The number of fused-ring (bicyclic) bond motifs is 1. The Kier molecular flexibility index (Phi) is 3.06. The Labute approximate surface area is 110 Å². The number of nitrogens with zero attached hydrogens (tertiary/aromatic N) is 2. The summed E-state index contributed by atoms with van der Waals surface area (Å²) in [6.45, 7) is 3.57. The molecule has 5 heteroatoms. The Bertz CT molecular complexity index is 599. The van der Waals surface area contributed by atoms with Crippen LogP contribution < -0.4 is 5.32 Å². The Morgan fingerprint density at radius 1 is 1.26 bits per heavy atom. The molecule has 0 fully saturated rings. The van der Waals surface area contributed by atoms with E-state index in [-0.39, 0.29) is 0 Å². The van der Waals surface area contributed by atoms with E-state index in [4.69, 9.17) is 0 Å². The largest absolute Gasteiger partial charge is 0.311 e. The number of nitrogens with one attached hydrogen (secondary N) is 1. The molecule has 19 heavy (non-hydrogen) atoms. The molecular weight excluding hydrogens is 248 g/mol. The van der Waals surface area contributed by atoms with Crippen molar-refractivity contribution in [2.75, 3.05) is 6.54 Å². The zero-order valence-electron chi connectivity index (χ0n) is 10.7. The summed E-state index contributed by atoms with van der Waals surface area (Å²) in [5.74, 6) is -0.277. The zero-order chi connectivity index (χ0) is 13.4. The third-order valence-electron chi connectivity index (χ3n) is 3.38. The number of hydrogen-bond acceptors (Lipinski definition) is 2.